The van der Waals surface area contributed by atoms with Crippen LogP contribution in [0.25, 0.3) is 0 Å². The molecular weight excluding hydrogens is 276 g/mol. The third-order valence-electron chi connectivity index (χ3n) is 3.95. The molecule has 20 heavy (non-hydrogen) atoms. The number of nitrogens with one attached hydrogen (secondary N) is 1. The molecule has 1 saturated carbocycles. The van der Waals surface area contributed by atoms with E-state index in [4.69, 9.17) is 10.5 Å². The van der Waals surface area contributed by atoms with Crippen LogP contribution in [0.3, 0.4) is 0 Å². The van der Waals surface area contributed by atoms with Gasteiger partial charge < -0.3 is 10.5 Å². The number of aryl methyl sites for hydroxylation is 1. The highest BCUT2D eigenvalue weighted by atomic mass is 32.2. The van der Waals surface area contributed by atoms with Gasteiger partial charge in [0, 0.05) is 12.1 Å². The van der Waals surface area contributed by atoms with Crippen LogP contribution in [0, 0.1) is 12.8 Å². The molecule has 1 atom stereocenters. The number of rotatable bonds is 6. The molecule has 1 aliphatic rings. The Balaban J connectivity index is 2.28. The first-order chi connectivity index (χ1) is 9.32. The second kappa shape index (κ2) is 5.35. The highest BCUT2D eigenvalue weighted by molar-refractivity contribution is 7.89. The molecule has 1 fully saturated rings. The lowest BCUT2D eigenvalue weighted by Crippen LogP contribution is -2.52. The zero-order valence-corrected chi connectivity index (χ0v) is 13.0. The minimum absolute atomic E-state index is 0.246. The maximum absolute atomic E-state index is 12.5. The fraction of sp³-hybridized carbons (Fsp3) is 0.571. The van der Waals surface area contributed by atoms with Crippen LogP contribution in [-0.2, 0) is 10.0 Å². The molecule has 0 heterocycles. The van der Waals surface area contributed by atoms with Gasteiger partial charge in [-0.05, 0) is 56.4 Å². The highest BCUT2D eigenvalue weighted by Crippen LogP contribution is 2.39. The van der Waals surface area contributed by atoms with Gasteiger partial charge >= 0.3 is 0 Å². The fourth-order valence-corrected chi connectivity index (χ4v) is 3.96. The molecule has 6 heteroatoms. The van der Waals surface area contributed by atoms with E-state index in [1.807, 2.05) is 13.8 Å². The minimum Gasteiger partial charge on any atom is -0.496 e. The van der Waals surface area contributed by atoms with Crippen LogP contribution in [-0.4, -0.2) is 27.6 Å². The van der Waals surface area contributed by atoms with Crippen LogP contribution >= 0.6 is 0 Å². The van der Waals surface area contributed by atoms with E-state index in [1.165, 1.54) is 0 Å². The van der Waals surface area contributed by atoms with E-state index in [1.54, 1.807) is 25.3 Å². The van der Waals surface area contributed by atoms with Gasteiger partial charge in [0.05, 0.1) is 12.0 Å². The lowest BCUT2D eigenvalue weighted by Gasteiger charge is -2.29. The fourth-order valence-electron chi connectivity index (χ4n) is 2.40. The van der Waals surface area contributed by atoms with Gasteiger partial charge in [-0.1, -0.05) is 0 Å². The van der Waals surface area contributed by atoms with Crippen molar-refractivity contribution in [3.63, 3.8) is 0 Å². The number of hydrogen-bond acceptors (Lipinski definition) is 4. The van der Waals surface area contributed by atoms with E-state index >= 15 is 0 Å². The first-order valence-corrected chi connectivity index (χ1v) is 8.19. The zero-order valence-electron chi connectivity index (χ0n) is 12.1. The summed E-state index contributed by atoms with van der Waals surface area (Å²) in [4.78, 5) is 0.246. The summed E-state index contributed by atoms with van der Waals surface area (Å²) >= 11 is 0. The molecule has 0 spiro atoms. The van der Waals surface area contributed by atoms with E-state index in [9.17, 15) is 8.42 Å². The Morgan fingerprint density at radius 2 is 2.10 bits per heavy atom. The summed E-state index contributed by atoms with van der Waals surface area (Å²) in [6.45, 7) is 3.99. The van der Waals surface area contributed by atoms with Crippen LogP contribution in [0.1, 0.15) is 25.3 Å². The Hall–Kier alpha value is -1.11. The predicted molar refractivity (Wildman–Crippen MR) is 78.2 cm³/mol. The standard InChI is InChI=1S/C14H22N2O3S/c1-10-8-12(6-7-13(10)19-3)20(17,18)16-14(2,9-15)11-4-5-11/h6-8,11,16H,4-5,9,15H2,1-3H3. The van der Waals surface area contributed by atoms with Gasteiger partial charge in [0.2, 0.25) is 10.0 Å². The Morgan fingerprint density at radius 3 is 2.55 bits per heavy atom. The molecule has 0 amide bonds. The van der Waals surface area contributed by atoms with E-state index in [-0.39, 0.29) is 4.90 Å². The molecule has 0 aromatic heterocycles. The van der Waals surface area contributed by atoms with E-state index in [0.29, 0.717) is 18.2 Å². The lowest BCUT2D eigenvalue weighted by molar-refractivity contribution is 0.374. The quantitative estimate of drug-likeness (QED) is 0.832. The minimum atomic E-state index is -3.57. The van der Waals surface area contributed by atoms with Crippen molar-refractivity contribution in [1.82, 2.24) is 4.72 Å². The molecule has 3 N–H and O–H groups in total. The summed E-state index contributed by atoms with van der Waals surface area (Å²) in [5.74, 6) is 1.01. The Labute approximate surface area is 120 Å². The third-order valence-corrected chi connectivity index (χ3v) is 5.56. The van der Waals surface area contributed by atoms with Gasteiger partial charge in [-0.25, -0.2) is 13.1 Å². The molecule has 112 valence electrons. The van der Waals surface area contributed by atoms with Gasteiger partial charge in [-0.15, -0.1) is 0 Å². The van der Waals surface area contributed by atoms with Crippen molar-refractivity contribution >= 4 is 10.0 Å². The SMILES string of the molecule is COc1ccc(S(=O)(=O)NC(C)(CN)C2CC2)cc1C. The summed E-state index contributed by atoms with van der Waals surface area (Å²) < 4.78 is 32.9. The molecule has 5 nitrogen and oxygen atoms in total. The lowest BCUT2D eigenvalue weighted by atomic mass is 9.98. The molecule has 2 rings (SSSR count). The van der Waals surface area contributed by atoms with E-state index in [0.717, 1.165) is 18.4 Å². The largest absolute Gasteiger partial charge is 0.496 e. The zero-order chi connectivity index (χ0) is 15.0. The van der Waals surface area contributed by atoms with Crippen LogP contribution < -0.4 is 15.2 Å². The smallest absolute Gasteiger partial charge is 0.241 e. The first-order valence-electron chi connectivity index (χ1n) is 6.71. The summed E-state index contributed by atoms with van der Waals surface area (Å²) in [6.07, 6.45) is 2.05. The molecule has 1 unspecified atom stereocenters. The van der Waals surface area contributed by atoms with Crippen molar-refractivity contribution in [3.8, 4) is 5.75 Å². The Bertz CT molecular complexity index is 596. The van der Waals surface area contributed by atoms with Crippen molar-refractivity contribution in [1.29, 1.82) is 0 Å². The molecule has 0 aliphatic heterocycles. The van der Waals surface area contributed by atoms with Crippen molar-refractivity contribution in [2.75, 3.05) is 13.7 Å². The number of nitrogens with two attached hydrogens (primary N) is 1. The van der Waals surface area contributed by atoms with Gasteiger partial charge in [0.15, 0.2) is 0 Å². The molecule has 1 aromatic rings. The number of benzene rings is 1. The monoisotopic (exact) mass is 298 g/mol. The molecule has 0 saturated heterocycles. The topological polar surface area (TPSA) is 81.4 Å². The second-order valence-electron chi connectivity index (χ2n) is 5.63. The maximum Gasteiger partial charge on any atom is 0.241 e. The van der Waals surface area contributed by atoms with E-state index < -0.39 is 15.6 Å². The summed E-state index contributed by atoms with van der Waals surface area (Å²) in [6, 6.07) is 4.84. The summed E-state index contributed by atoms with van der Waals surface area (Å²) in [7, 11) is -2.01. The molecule has 1 aromatic carbocycles. The van der Waals surface area contributed by atoms with Crippen LogP contribution in [0.4, 0.5) is 0 Å². The van der Waals surface area contributed by atoms with Crippen molar-refractivity contribution in [2.45, 2.75) is 37.1 Å². The van der Waals surface area contributed by atoms with Gasteiger partial charge in [0.1, 0.15) is 5.75 Å². The normalized spacial score (nSPS) is 18.6. The average Bonchev–Trinajstić information content (AvgIpc) is 3.22. The molecule has 0 bridgehead atoms. The van der Waals surface area contributed by atoms with Gasteiger partial charge in [-0.2, -0.15) is 0 Å². The summed E-state index contributed by atoms with van der Waals surface area (Å²) in [5, 5.41) is 0. The molecule has 1 aliphatic carbocycles. The second-order valence-corrected chi connectivity index (χ2v) is 7.32. The van der Waals surface area contributed by atoms with E-state index in [2.05, 4.69) is 4.72 Å². The predicted octanol–water partition coefficient (Wildman–Crippen LogP) is 1.41. The van der Waals surface area contributed by atoms with Crippen LogP contribution in [0.15, 0.2) is 23.1 Å². The number of sulfonamides is 1. The number of hydrogen-bond donors (Lipinski definition) is 2. The van der Waals surface area contributed by atoms with Crippen LogP contribution in [0.2, 0.25) is 0 Å². The highest BCUT2D eigenvalue weighted by Gasteiger charge is 2.43. The number of ether oxygens (including phenoxy) is 1. The molecular formula is C14H22N2O3S. The third kappa shape index (κ3) is 2.97. The average molecular weight is 298 g/mol. The van der Waals surface area contributed by atoms with Crippen molar-refractivity contribution in [2.24, 2.45) is 11.7 Å². The Kier molecular flexibility index (Phi) is 4.09. The van der Waals surface area contributed by atoms with Gasteiger partial charge in [-0.3, -0.25) is 0 Å². The number of methoxy groups -OCH3 is 1. The van der Waals surface area contributed by atoms with Crippen LogP contribution in [0.5, 0.6) is 5.75 Å². The summed E-state index contributed by atoms with van der Waals surface area (Å²) in [5.41, 5.74) is 5.99. The van der Waals surface area contributed by atoms with Gasteiger partial charge in [0.25, 0.3) is 0 Å². The first kappa shape index (κ1) is 15.3. The molecule has 0 radical (unpaired) electrons. The Morgan fingerprint density at radius 1 is 1.45 bits per heavy atom. The van der Waals surface area contributed by atoms with Crippen molar-refractivity contribution in [3.05, 3.63) is 23.8 Å². The van der Waals surface area contributed by atoms with Crippen molar-refractivity contribution < 1.29 is 13.2 Å². The maximum atomic E-state index is 12.5.